The van der Waals surface area contributed by atoms with Gasteiger partial charge in [-0.25, -0.2) is 4.98 Å². The van der Waals surface area contributed by atoms with Gasteiger partial charge in [0.2, 0.25) is 0 Å². The van der Waals surface area contributed by atoms with E-state index < -0.39 is 0 Å². The van der Waals surface area contributed by atoms with Crippen molar-refractivity contribution in [1.82, 2.24) is 25.1 Å². The monoisotopic (exact) mass is 502 g/mol. The fourth-order valence-corrected chi connectivity index (χ4v) is 4.18. The molecule has 0 aliphatic heterocycles. The zero-order valence-corrected chi connectivity index (χ0v) is 20.6. The van der Waals surface area contributed by atoms with Crippen molar-refractivity contribution in [1.29, 1.82) is 0 Å². The Labute approximate surface area is 218 Å². The SMILES string of the molecule is COc1cnc2c(Oc3ccc(Nc4nnc(-c5ccncc5OC)c5ccccc45)cc3)ccnc2c1. The molecule has 38 heavy (non-hydrogen) atoms. The van der Waals surface area contributed by atoms with E-state index >= 15 is 0 Å². The minimum Gasteiger partial charge on any atom is -0.495 e. The van der Waals surface area contributed by atoms with E-state index in [2.05, 4.69) is 30.5 Å². The molecule has 4 aromatic heterocycles. The van der Waals surface area contributed by atoms with Crippen molar-refractivity contribution in [2.24, 2.45) is 0 Å². The van der Waals surface area contributed by atoms with Crippen molar-refractivity contribution in [3.63, 3.8) is 0 Å². The number of anilines is 2. The smallest absolute Gasteiger partial charge is 0.161 e. The van der Waals surface area contributed by atoms with Gasteiger partial charge in [0.1, 0.15) is 28.5 Å². The minimum atomic E-state index is 0.609. The number of hydrogen-bond acceptors (Lipinski definition) is 9. The molecule has 0 saturated carbocycles. The summed E-state index contributed by atoms with van der Waals surface area (Å²) in [6, 6.07) is 21.1. The van der Waals surface area contributed by atoms with Crippen LogP contribution in [0, 0.1) is 0 Å². The van der Waals surface area contributed by atoms with E-state index in [1.165, 1.54) is 0 Å². The topological polar surface area (TPSA) is 104 Å². The van der Waals surface area contributed by atoms with E-state index in [1.807, 2.05) is 60.7 Å². The van der Waals surface area contributed by atoms with Crippen LogP contribution in [0.3, 0.4) is 0 Å². The third-order valence-electron chi connectivity index (χ3n) is 6.04. The van der Waals surface area contributed by atoms with Crippen molar-refractivity contribution in [2.45, 2.75) is 0 Å². The average molecular weight is 503 g/mol. The molecule has 9 heteroatoms. The second-order valence-electron chi connectivity index (χ2n) is 8.32. The zero-order valence-electron chi connectivity index (χ0n) is 20.6. The first kappa shape index (κ1) is 23.1. The Hall–Kier alpha value is -5.31. The number of aromatic nitrogens is 5. The maximum absolute atomic E-state index is 6.11. The quantitative estimate of drug-likeness (QED) is 0.274. The summed E-state index contributed by atoms with van der Waals surface area (Å²) < 4.78 is 16.8. The van der Waals surface area contributed by atoms with E-state index in [1.54, 1.807) is 45.1 Å². The second kappa shape index (κ2) is 9.98. The van der Waals surface area contributed by atoms with Gasteiger partial charge in [-0.15, -0.1) is 10.2 Å². The molecule has 0 saturated heterocycles. The zero-order chi connectivity index (χ0) is 25.9. The lowest BCUT2D eigenvalue weighted by molar-refractivity contribution is 0.413. The Morgan fingerprint density at radius 2 is 1.55 bits per heavy atom. The van der Waals surface area contributed by atoms with E-state index in [9.17, 15) is 0 Å². The normalized spacial score (nSPS) is 10.9. The molecule has 0 fully saturated rings. The van der Waals surface area contributed by atoms with Crippen LogP contribution in [0.4, 0.5) is 11.5 Å². The molecule has 1 N–H and O–H groups in total. The highest BCUT2D eigenvalue weighted by Gasteiger charge is 2.15. The highest BCUT2D eigenvalue weighted by Crippen LogP contribution is 2.35. The van der Waals surface area contributed by atoms with E-state index in [0.29, 0.717) is 39.8 Å². The highest BCUT2D eigenvalue weighted by atomic mass is 16.5. The summed E-state index contributed by atoms with van der Waals surface area (Å²) in [5, 5.41) is 14.3. The van der Waals surface area contributed by atoms with Crippen molar-refractivity contribution >= 4 is 33.3 Å². The molecule has 0 atom stereocenters. The van der Waals surface area contributed by atoms with Crippen LogP contribution in [0.2, 0.25) is 0 Å². The predicted octanol–water partition coefficient (Wildman–Crippen LogP) is 6.19. The largest absolute Gasteiger partial charge is 0.495 e. The predicted molar refractivity (Wildman–Crippen MR) is 145 cm³/mol. The highest BCUT2D eigenvalue weighted by molar-refractivity contribution is 6.01. The van der Waals surface area contributed by atoms with Gasteiger partial charge in [0.15, 0.2) is 11.6 Å². The summed E-state index contributed by atoms with van der Waals surface area (Å²) in [6.07, 6.45) is 6.71. The molecular weight excluding hydrogens is 480 g/mol. The van der Waals surface area contributed by atoms with Gasteiger partial charge < -0.3 is 19.5 Å². The van der Waals surface area contributed by atoms with Crippen LogP contribution in [-0.4, -0.2) is 39.4 Å². The van der Waals surface area contributed by atoms with Gasteiger partial charge in [-0.3, -0.25) is 9.97 Å². The lowest BCUT2D eigenvalue weighted by atomic mass is 10.0. The van der Waals surface area contributed by atoms with Gasteiger partial charge in [-0.05, 0) is 30.3 Å². The first-order chi connectivity index (χ1) is 18.7. The summed E-state index contributed by atoms with van der Waals surface area (Å²) in [5.74, 6) is 3.19. The molecule has 6 rings (SSSR count). The molecule has 2 aromatic carbocycles. The fraction of sp³-hybridized carbons (Fsp3) is 0.0690. The standard InChI is InChI=1S/C29H22N6O3/c1-36-20-15-24-28(32-16-20)25(12-14-31-24)38-19-9-7-18(8-10-19)33-29-22-6-4-3-5-21(22)27(34-35-29)23-11-13-30-17-26(23)37-2/h3-17H,1-2H3,(H,33,35). The summed E-state index contributed by atoms with van der Waals surface area (Å²) in [7, 11) is 3.21. The van der Waals surface area contributed by atoms with Crippen LogP contribution in [0.1, 0.15) is 0 Å². The van der Waals surface area contributed by atoms with Gasteiger partial charge in [-0.1, -0.05) is 24.3 Å². The number of benzene rings is 2. The van der Waals surface area contributed by atoms with Gasteiger partial charge >= 0.3 is 0 Å². The lowest BCUT2D eigenvalue weighted by Crippen LogP contribution is -2.00. The Kier molecular flexibility index (Phi) is 6.07. The second-order valence-corrected chi connectivity index (χ2v) is 8.32. The lowest BCUT2D eigenvalue weighted by Gasteiger charge is -2.13. The van der Waals surface area contributed by atoms with Crippen molar-refractivity contribution in [3.8, 4) is 34.3 Å². The minimum absolute atomic E-state index is 0.609. The maximum Gasteiger partial charge on any atom is 0.161 e. The molecular formula is C29H22N6O3. The molecule has 6 aromatic rings. The molecule has 0 amide bonds. The molecule has 0 unspecified atom stereocenters. The Balaban J connectivity index is 1.27. The van der Waals surface area contributed by atoms with Gasteiger partial charge in [0.25, 0.3) is 0 Å². The van der Waals surface area contributed by atoms with Crippen LogP contribution < -0.4 is 19.5 Å². The molecule has 0 radical (unpaired) electrons. The number of fused-ring (bicyclic) bond motifs is 2. The Bertz CT molecular complexity index is 1760. The van der Waals surface area contributed by atoms with Crippen LogP contribution in [0.25, 0.3) is 33.1 Å². The van der Waals surface area contributed by atoms with Crippen LogP contribution >= 0.6 is 0 Å². The number of rotatable bonds is 7. The number of nitrogens with zero attached hydrogens (tertiary/aromatic N) is 5. The van der Waals surface area contributed by atoms with Gasteiger partial charge in [0.05, 0.1) is 32.1 Å². The summed E-state index contributed by atoms with van der Waals surface area (Å²) in [4.78, 5) is 12.9. The Morgan fingerprint density at radius 1 is 0.711 bits per heavy atom. The maximum atomic E-state index is 6.11. The molecule has 0 aliphatic rings. The Morgan fingerprint density at radius 3 is 2.37 bits per heavy atom. The fourth-order valence-electron chi connectivity index (χ4n) is 4.18. The van der Waals surface area contributed by atoms with Gasteiger partial charge in [0, 0.05) is 46.5 Å². The van der Waals surface area contributed by atoms with E-state index in [-0.39, 0.29) is 0 Å². The third-order valence-corrected chi connectivity index (χ3v) is 6.04. The summed E-state index contributed by atoms with van der Waals surface area (Å²) in [5.41, 5.74) is 3.75. The number of hydrogen-bond donors (Lipinski definition) is 1. The average Bonchev–Trinajstić information content (AvgIpc) is 2.98. The molecule has 9 nitrogen and oxygen atoms in total. The first-order valence-electron chi connectivity index (χ1n) is 11.8. The van der Waals surface area contributed by atoms with Crippen LogP contribution in [-0.2, 0) is 0 Å². The van der Waals surface area contributed by atoms with E-state index in [4.69, 9.17) is 14.2 Å². The van der Waals surface area contributed by atoms with Crippen molar-refractivity contribution in [3.05, 3.63) is 91.5 Å². The number of nitrogens with one attached hydrogen (secondary N) is 1. The van der Waals surface area contributed by atoms with Gasteiger partial charge in [-0.2, -0.15) is 0 Å². The third kappa shape index (κ3) is 4.37. The van der Waals surface area contributed by atoms with Crippen molar-refractivity contribution in [2.75, 3.05) is 19.5 Å². The van der Waals surface area contributed by atoms with E-state index in [0.717, 1.165) is 27.7 Å². The molecule has 4 heterocycles. The number of ether oxygens (including phenoxy) is 3. The summed E-state index contributed by atoms with van der Waals surface area (Å²) >= 11 is 0. The molecule has 0 bridgehead atoms. The molecule has 186 valence electrons. The number of methoxy groups -OCH3 is 2. The van der Waals surface area contributed by atoms with Crippen molar-refractivity contribution < 1.29 is 14.2 Å². The molecule has 0 spiro atoms. The van der Waals surface area contributed by atoms with Crippen LogP contribution in [0.15, 0.2) is 91.5 Å². The van der Waals surface area contributed by atoms with Crippen LogP contribution in [0.5, 0.6) is 23.0 Å². The number of pyridine rings is 3. The first-order valence-corrected chi connectivity index (χ1v) is 11.8. The molecule has 0 aliphatic carbocycles. The summed E-state index contributed by atoms with van der Waals surface area (Å²) in [6.45, 7) is 0.